The quantitative estimate of drug-likeness (QED) is 0.323. The minimum Gasteiger partial charge on any atom is -0.283 e. The number of thiazole rings is 1. The molecular formula is C24H21N5OS2. The van der Waals surface area contributed by atoms with Crippen LogP contribution in [0.2, 0.25) is 0 Å². The third-order valence-electron chi connectivity index (χ3n) is 5.40. The van der Waals surface area contributed by atoms with Crippen LogP contribution in [0.5, 0.6) is 0 Å². The van der Waals surface area contributed by atoms with Crippen LogP contribution in [0.15, 0.2) is 72.0 Å². The lowest BCUT2D eigenvalue weighted by atomic mass is 10.1. The summed E-state index contributed by atoms with van der Waals surface area (Å²) in [5.41, 5.74) is 5.14. The molecule has 0 bridgehead atoms. The zero-order chi connectivity index (χ0) is 22.1. The van der Waals surface area contributed by atoms with Crippen molar-refractivity contribution in [2.75, 3.05) is 10.7 Å². The fraction of sp³-hybridized carbons (Fsp3) is 0.167. The summed E-state index contributed by atoms with van der Waals surface area (Å²) in [4.78, 5) is 20.1. The van der Waals surface area contributed by atoms with Gasteiger partial charge in [0.05, 0.1) is 22.5 Å². The third kappa shape index (κ3) is 3.99. The lowest BCUT2D eigenvalue weighted by molar-refractivity contribution is -0.116. The number of carbonyl (C=O) groups is 1. The maximum atomic E-state index is 13.4. The molecule has 0 spiro atoms. The number of hydrogen-bond acceptors (Lipinski definition) is 6. The van der Waals surface area contributed by atoms with Crippen LogP contribution in [0.4, 0.5) is 5.13 Å². The number of benzene rings is 2. The molecule has 3 heterocycles. The van der Waals surface area contributed by atoms with Gasteiger partial charge >= 0.3 is 0 Å². The average molecular weight is 460 g/mol. The molecule has 0 unspecified atom stereocenters. The Kier molecular flexibility index (Phi) is 5.63. The van der Waals surface area contributed by atoms with Crippen molar-refractivity contribution in [3.8, 4) is 0 Å². The molecule has 0 radical (unpaired) electrons. The molecule has 5 rings (SSSR count). The van der Waals surface area contributed by atoms with Crippen LogP contribution in [0, 0.1) is 13.8 Å². The Hall–Kier alpha value is -3.23. The minimum atomic E-state index is -0.0139. The van der Waals surface area contributed by atoms with Crippen molar-refractivity contribution in [3.05, 3.63) is 83.6 Å². The zero-order valence-electron chi connectivity index (χ0n) is 17.7. The smallest absolute Gasteiger partial charge is 0.239 e. The number of aromatic nitrogens is 4. The molecular weight excluding hydrogens is 438 g/mol. The molecule has 5 aromatic rings. The van der Waals surface area contributed by atoms with Crippen molar-refractivity contribution in [1.29, 1.82) is 0 Å². The first kappa shape index (κ1) is 20.7. The third-order valence-corrected chi connectivity index (χ3v) is 7.37. The van der Waals surface area contributed by atoms with Gasteiger partial charge < -0.3 is 0 Å². The Labute approximate surface area is 193 Å². The lowest BCUT2D eigenvalue weighted by Gasteiger charge is -2.19. The molecule has 1 amide bonds. The molecule has 0 fully saturated rings. The lowest BCUT2D eigenvalue weighted by Crippen LogP contribution is -2.31. The van der Waals surface area contributed by atoms with Crippen molar-refractivity contribution < 1.29 is 4.79 Å². The van der Waals surface area contributed by atoms with Crippen LogP contribution in [-0.2, 0) is 11.3 Å². The Bertz CT molecular complexity index is 1410. The summed E-state index contributed by atoms with van der Waals surface area (Å²) in [6.45, 7) is 4.63. The summed E-state index contributed by atoms with van der Waals surface area (Å²) < 4.78 is 2.98. The summed E-state index contributed by atoms with van der Waals surface area (Å²) in [5.74, 6) is 0.233. The molecule has 0 aliphatic heterocycles. The highest BCUT2D eigenvalue weighted by Crippen LogP contribution is 2.33. The number of fused-ring (bicyclic) bond motifs is 2. The number of pyridine rings is 1. The maximum absolute atomic E-state index is 13.4. The van der Waals surface area contributed by atoms with E-state index in [-0.39, 0.29) is 11.7 Å². The highest BCUT2D eigenvalue weighted by molar-refractivity contribution is 7.99. The highest BCUT2D eigenvalue weighted by Gasteiger charge is 2.22. The van der Waals surface area contributed by atoms with E-state index in [1.54, 1.807) is 16.2 Å². The molecule has 6 nitrogen and oxygen atoms in total. The fourth-order valence-corrected chi connectivity index (χ4v) is 5.32. The minimum absolute atomic E-state index is 0.0139. The van der Waals surface area contributed by atoms with Crippen LogP contribution < -0.4 is 4.90 Å². The number of rotatable bonds is 6. The van der Waals surface area contributed by atoms with E-state index < -0.39 is 0 Å². The van der Waals surface area contributed by atoms with Gasteiger partial charge in [0.2, 0.25) is 5.91 Å². The van der Waals surface area contributed by atoms with E-state index in [1.165, 1.54) is 17.3 Å². The van der Waals surface area contributed by atoms with Gasteiger partial charge in [-0.15, -0.1) is 10.2 Å². The van der Waals surface area contributed by atoms with E-state index in [9.17, 15) is 4.79 Å². The van der Waals surface area contributed by atoms with Crippen LogP contribution in [-0.4, -0.2) is 31.2 Å². The van der Waals surface area contributed by atoms with Crippen LogP contribution in [0.3, 0.4) is 0 Å². The monoisotopic (exact) mass is 459 g/mol. The highest BCUT2D eigenvalue weighted by atomic mass is 32.2. The van der Waals surface area contributed by atoms with Gasteiger partial charge in [-0.25, -0.2) is 4.98 Å². The standard InChI is InChI=1S/C24H21N5OS2/c1-16-11-12-19-22(17(16)2)25-23(32-19)29(14-18-8-4-3-5-9-18)21(30)15-31-24-27-26-20-10-6-7-13-28(20)24/h3-13H,14-15H2,1-2H3. The van der Waals surface area contributed by atoms with Gasteiger partial charge in [-0.05, 0) is 48.7 Å². The van der Waals surface area contributed by atoms with E-state index in [4.69, 9.17) is 4.98 Å². The first-order valence-electron chi connectivity index (χ1n) is 10.2. The second-order valence-electron chi connectivity index (χ2n) is 7.52. The molecule has 3 aromatic heterocycles. The van der Waals surface area contributed by atoms with Gasteiger partial charge in [-0.1, -0.05) is 65.6 Å². The van der Waals surface area contributed by atoms with Gasteiger partial charge in [-0.3, -0.25) is 14.1 Å². The van der Waals surface area contributed by atoms with Gasteiger partial charge in [0.25, 0.3) is 0 Å². The zero-order valence-corrected chi connectivity index (χ0v) is 19.4. The van der Waals surface area contributed by atoms with Crippen molar-refractivity contribution in [2.45, 2.75) is 25.5 Å². The first-order chi connectivity index (χ1) is 15.6. The van der Waals surface area contributed by atoms with Crippen LogP contribution in [0.25, 0.3) is 15.9 Å². The molecule has 0 saturated heterocycles. The average Bonchev–Trinajstić information content (AvgIpc) is 3.44. The summed E-state index contributed by atoms with van der Waals surface area (Å²) in [5, 5.41) is 9.82. The van der Waals surface area contributed by atoms with Crippen molar-refractivity contribution >= 4 is 50.0 Å². The first-order valence-corrected chi connectivity index (χ1v) is 12.0. The number of anilines is 1. The Balaban J connectivity index is 1.45. The second-order valence-corrected chi connectivity index (χ2v) is 9.47. The molecule has 160 valence electrons. The number of thioether (sulfide) groups is 1. The van der Waals surface area contributed by atoms with Gasteiger partial charge in [0.15, 0.2) is 15.9 Å². The largest absolute Gasteiger partial charge is 0.283 e. The predicted molar refractivity (Wildman–Crippen MR) is 130 cm³/mol. The molecule has 32 heavy (non-hydrogen) atoms. The van der Waals surface area contributed by atoms with Crippen molar-refractivity contribution in [2.24, 2.45) is 0 Å². The van der Waals surface area contributed by atoms with E-state index in [2.05, 4.69) is 36.2 Å². The molecule has 0 atom stereocenters. The van der Waals surface area contributed by atoms with E-state index in [1.807, 2.05) is 59.1 Å². The van der Waals surface area contributed by atoms with Crippen molar-refractivity contribution in [3.63, 3.8) is 0 Å². The summed E-state index contributed by atoms with van der Waals surface area (Å²) >= 11 is 2.94. The predicted octanol–water partition coefficient (Wildman–Crippen LogP) is 5.28. The van der Waals surface area contributed by atoms with Gasteiger partial charge in [0.1, 0.15) is 0 Å². The molecule has 0 saturated carbocycles. The van der Waals surface area contributed by atoms with Crippen LogP contribution in [0.1, 0.15) is 16.7 Å². The Morgan fingerprint density at radius 3 is 2.69 bits per heavy atom. The maximum Gasteiger partial charge on any atom is 0.239 e. The van der Waals surface area contributed by atoms with Gasteiger partial charge in [0, 0.05) is 6.20 Å². The topological polar surface area (TPSA) is 63.4 Å². The number of hydrogen-bond donors (Lipinski definition) is 0. The van der Waals surface area contributed by atoms with Crippen molar-refractivity contribution in [1.82, 2.24) is 19.6 Å². The number of aryl methyl sites for hydroxylation is 2. The molecule has 0 aliphatic rings. The molecule has 0 N–H and O–H groups in total. The molecule has 0 aliphatic carbocycles. The molecule has 2 aromatic carbocycles. The Morgan fingerprint density at radius 1 is 1.03 bits per heavy atom. The summed E-state index contributed by atoms with van der Waals surface area (Å²) in [7, 11) is 0. The van der Waals surface area contributed by atoms with Gasteiger partial charge in [-0.2, -0.15) is 0 Å². The van der Waals surface area contributed by atoms with E-state index in [0.717, 1.165) is 27.0 Å². The molecule has 8 heteroatoms. The normalized spacial score (nSPS) is 11.3. The van der Waals surface area contributed by atoms with E-state index in [0.29, 0.717) is 16.8 Å². The fourth-order valence-electron chi connectivity index (χ4n) is 3.48. The SMILES string of the molecule is Cc1ccc2sc(N(Cc3ccccc3)C(=O)CSc3nnc4ccccn34)nc2c1C. The van der Waals surface area contributed by atoms with E-state index >= 15 is 0 Å². The Morgan fingerprint density at radius 2 is 1.84 bits per heavy atom. The number of nitrogens with zero attached hydrogens (tertiary/aromatic N) is 5. The summed E-state index contributed by atoms with van der Waals surface area (Å²) in [6.07, 6.45) is 1.91. The summed E-state index contributed by atoms with van der Waals surface area (Å²) in [6, 6.07) is 19.9. The second kappa shape index (κ2) is 8.72. The van der Waals surface area contributed by atoms with Crippen LogP contribution >= 0.6 is 23.1 Å². The number of carbonyl (C=O) groups excluding carboxylic acids is 1. The number of amides is 1.